The second kappa shape index (κ2) is 13.6. The summed E-state index contributed by atoms with van der Waals surface area (Å²) in [4.78, 5) is 16.5. The van der Waals surface area contributed by atoms with Crippen LogP contribution in [0.5, 0.6) is 0 Å². The molecule has 0 aliphatic carbocycles. The standard InChI is InChI=1S/C30H28Cl2F6N2O2.ClH/c1-39(27(41)15-19-13-22(29(33,34)35)17-23(14-19)30(36,37)38)18-26(20-7-8-24(31)25(32)16-20)40-11-9-28(42,10-12-40)21-5-3-2-4-6-21;/h2-8,13-14,16-17,26,42H,9-12,15,18H2,1H3;1H. The Morgan fingerprint density at radius 3 is 1.98 bits per heavy atom. The zero-order valence-electron chi connectivity index (χ0n) is 22.9. The number of halogens is 9. The summed E-state index contributed by atoms with van der Waals surface area (Å²) in [6, 6.07) is 15.0. The molecule has 3 aromatic carbocycles. The number of likely N-dealkylation sites (N-methyl/N-ethyl adjacent to an activating group) is 1. The zero-order valence-corrected chi connectivity index (χ0v) is 25.2. The van der Waals surface area contributed by atoms with Gasteiger partial charge in [-0.3, -0.25) is 9.69 Å². The topological polar surface area (TPSA) is 43.8 Å². The number of nitrogens with zero attached hydrogens (tertiary/aromatic N) is 2. The number of likely N-dealkylation sites (tertiary alicyclic amines) is 1. The van der Waals surface area contributed by atoms with E-state index in [1.165, 1.54) is 11.9 Å². The van der Waals surface area contributed by atoms with E-state index in [-0.39, 0.29) is 30.0 Å². The number of hydrogen-bond donors (Lipinski definition) is 1. The maximum Gasteiger partial charge on any atom is 0.416 e. The summed E-state index contributed by atoms with van der Waals surface area (Å²) in [5, 5.41) is 11.9. The fourth-order valence-electron chi connectivity index (χ4n) is 5.19. The number of rotatable bonds is 7. The summed E-state index contributed by atoms with van der Waals surface area (Å²) in [7, 11) is 1.44. The number of aliphatic hydroxyl groups is 1. The molecule has 1 N–H and O–H groups in total. The van der Waals surface area contributed by atoms with Crippen LogP contribution in [0.2, 0.25) is 10.0 Å². The third kappa shape index (κ3) is 8.57. The van der Waals surface area contributed by atoms with Crippen molar-refractivity contribution in [3.63, 3.8) is 0 Å². The minimum absolute atomic E-state index is 0. The fraction of sp³-hybridized carbons (Fsp3) is 0.367. The zero-order chi connectivity index (χ0) is 30.9. The van der Waals surface area contributed by atoms with E-state index in [0.29, 0.717) is 48.6 Å². The van der Waals surface area contributed by atoms with E-state index >= 15 is 0 Å². The van der Waals surface area contributed by atoms with Gasteiger partial charge < -0.3 is 10.0 Å². The number of carbonyl (C=O) groups excluding carboxylic acids is 1. The lowest BCUT2D eigenvalue weighted by molar-refractivity contribution is -0.143. The molecule has 1 aliphatic heterocycles. The minimum Gasteiger partial charge on any atom is -0.385 e. The predicted octanol–water partition coefficient (Wildman–Crippen LogP) is 8.18. The monoisotopic (exact) mass is 668 g/mol. The first-order valence-corrected chi connectivity index (χ1v) is 13.8. The highest BCUT2D eigenvalue weighted by molar-refractivity contribution is 6.42. The van der Waals surface area contributed by atoms with E-state index in [1.54, 1.807) is 18.2 Å². The molecule has 0 bridgehead atoms. The molecule has 1 aliphatic rings. The predicted molar refractivity (Wildman–Crippen MR) is 155 cm³/mol. The number of alkyl halides is 6. The van der Waals surface area contributed by atoms with Gasteiger partial charge in [-0.2, -0.15) is 26.3 Å². The van der Waals surface area contributed by atoms with Gasteiger partial charge in [-0.15, -0.1) is 12.4 Å². The molecule has 4 rings (SSSR count). The highest BCUT2D eigenvalue weighted by atomic mass is 35.5. The van der Waals surface area contributed by atoms with E-state index in [1.807, 2.05) is 30.3 Å². The lowest BCUT2D eigenvalue weighted by atomic mass is 9.83. The van der Waals surface area contributed by atoms with Crippen LogP contribution in [-0.4, -0.2) is 47.5 Å². The van der Waals surface area contributed by atoms with Gasteiger partial charge in [0, 0.05) is 26.7 Å². The van der Waals surface area contributed by atoms with Gasteiger partial charge in [0.15, 0.2) is 0 Å². The minimum atomic E-state index is -5.01. The first-order chi connectivity index (χ1) is 19.6. The molecule has 13 heteroatoms. The van der Waals surface area contributed by atoms with Gasteiger partial charge in [0.05, 0.1) is 39.2 Å². The first-order valence-electron chi connectivity index (χ1n) is 13.1. The number of hydrogen-bond acceptors (Lipinski definition) is 3. The number of piperidine rings is 1. The molecule has 1 amide bonds. The highest BCUT2D eigenvalue weighted by Crippen LogP contribution is 2.38. The van der Waals surface area contributed by atoms with Crippen molar-refractivity contribution in [1.29, 1.82) is 0 Å². The molecule has 4 nitrogen and oxygen atoms in total. The van der Waals surface area contributed by atoms with E-state index in [4.69, 9.17) is 23.2 Å². The van der Waals surface area contributed by atoms with Gasteiger partial charge in [0.25, 0.3) is 0 Å². The Labute approximate surface area is 261 Å². The van der Waals surface area contributed by atoms with Crippen LogP contribution in [0.4, 0.5) is 26.3 Å². The summed E-state index contributed by atoms with van der Waals surface area (Å²) < 4.78 is 79.9. The third-order valence-corrected chi connectivity index (χ3v) is 8.32. The van der Waals surface area contributed by atoms with Gasteiger partial charge in [-0.25, -0.2) is 0 Å². The van der Waals surface area contributed by atoms with Crippen LogP contribution in [0.15, 0.2) is 66.7 Å². The molecule has 1 heterocycles. The van der Waals surface area contributed by atoms with E-state index < -0.39 is 53.0 Å². The van der Waals surface area contributed by atoms with Crippen LogP contribution in [-0.2, 0) is 29.2 Å². The maximum absolute atomic E-state index is 13.3. The number of carbonyl (C=O) groups is 1. The van der Waals surface area contributed by atoms with Crippen molar-refractivity contribution < 1.29 is 36.2 Å². The smallest absolute Gasteiger partial charge is 0.385 e. The average Bonchev–Trinajstić information content (AvgIpc) is 2.93. The maximum atomic E-state index is 13.3. The molecule has 0 radical (unpaired) electrons. The Kier molecular flexibility index (Phi) is 11.1. The van der Waals surface area contributed by atoms with Crippen LogP contribution in [0, 0.1) is 0 Å². The van der Waals surface area contributed by atoms with Gasteiger partial charge in [-0.05, 0) is 59.9 Å². The van der Waals surface area contributed by atoms with Crippen molar-refractivity contribution in [3.8, 4) is 0 Å². The Morgan fingerprint density at radius 1 is 0.907 bits per heavy atom. The van der Waals surface area contributed by atoms with Crippen molar-refractivity contribution in [1.82, 2.24) is 9.80 Å². The van der Waals surface area contributed by atoms with E-state index in [9.17, 15) is 36.2 Å². The molecule has 0 aromatic heterocycles. The van der Waals surface area contributed by atoms with Gasteiger partial charge in [0.1, 0.15) is 0 Å². The normalized spacial score (nSPS) is 16.3. The molecule has 1 atom stereocenters. The van der Waals surface area contributed by atoms with Gasteiger partial charge in [0.2, 0.25) is 5.91 Å². The van der Waals surface area contributed by atoms with Crippen LogP contribution < -0.4 is 0 Å². The summed E-state index contributed by atoms with van der Waals surface area (Å²) in [6.07, 6.45) is -9.89. The molecule has 0 saturated carbocycles. The molecule has 234 valence electrons. The number of benzene rings is 3. The summed E-state index contributed by atoms with van der Waals surface area (Å²) >= 11 is 12.4. The SMILES string of the molecule is CN(CC(c1ccc(Cl)c(Cl)c1)N1CCC(O)(c2ccccc2)CC1)C(=O)Cc1cc(C(F)(F)F)cc(C(F)(F)F)c1.Cl. The van der Waals surface area contributed by atoms with Gasteiger partial charge in [-0.1, -0.05) is 59.6 Å². The van der Waals surface area contributed by atoms with Crippen LogP contribution in [0.3, 0.4) is 0 Å². The quantitative estimate of drug-likeness (QED) is 0.258. The molecule has 0 spiro atoms. The van der Waals surface area contributed by atoms with Crippen LogP contribution in [0.1, 0.15) is 46.7 Å². The third-order valence-electron chi connectivity index (χ3n) is 7.58. The van der Waals surface area contributed by atoms with Crippen molar-refractivity contribution >= 4 is 41.5 Å². The highest BCUT2D eigenvalue weighted by Gasteiger charge is 2.38. The van der Waals surface area contributed by atoms with Crippen molar-refractivity contribution in [2.24, 2.45) is 0 Å². The molecule has 43 heavy (non-hydrogen) atoms. The summed E-state index contributed by atoms with van der Waals surface area (Å²) in [5.74, 6) is -0.662. The molecule has 1 fully saturated rings. The summed E-state index contributed by atoms with van der Waals surface area (Å²) in [5.41, 5.74) is -2.88. The van der Waals surface area contributed by atoms with Crippen molar-refractivity contribution in [2.45, 2.75) is 43.3 Å². The molecule has 3 aromatic rings. The Hall–Kier alpha value is -2.50. The van der Waals surface area contributed by atoms with Crippen LogP contribution in [0.25, 0.3) is 0 Å². The second-order valence-electron chi connectivity index (χ2n) is 10.5. The van der Waals surface area contributed by atoms with Gasteiger partial charge >= 0.3 is 12.4 Å². The Bertz CT molecular complexity index is 1380. The second-order valence-corrected chi connectivity index (χ2v) is 11.3. The summed E-state index contributed by atoms with van der Waals surface area (Å²) in [6.45, 7) is 0.952. The van der Waals surface area contributed by atoms with E-state index in [0.717, 1.165) is 5.56 Å². The molecular formula is C30H29Cl3F6N2O2. The Morgan fingerprint density at radius 2 is 1.47 bits per heavy atom. The fourth-order valence-corrected chi connectivity index (χ4v) is 5.49. The number of amides is 1. The molecule has 1 unspecified atom stereocenters. The van der Waals surface area contributed by atoms with Crippen molar-refractivity contribution in [3.05, 3.63) is 105 Å². The lowest BCUT2D eigenvalue weighted by Gasteiger charge is -2.43. The van der Waals surface area contributed by atoms with E-state index in [2.05, 4.69) is 4.90 Å². The molecule has 1 saturated heterocycles. The average molecular weight is 670 g/mol. The first kappa shape index (κ1) is 35.0. The van der Waals surface area contributed by atoms with Crippen molar-refractivity contribution in [2.75, 3.05) is 26.7 Å². The Balaban J connectivity index is 0.00000506. The largest absolute Gasteiger partial charge is 0.416 e. The van der Waals surface area contributed by atoms with Crippen LogP contribution >= 0.6 is 35.6 Å². The lowest BCUT2D eigenvalue weighted by Crippen LogP contribution is -2.47. The molecular weight excluding hydrogens is 641 g/mol.